The lowest BCUT2D eigenvalue weighted by Crippen LogP contribution is -2.34. The molecule has 3 amide bonds. The van der Waals surface area contributed by atoms with Crippen LogP contribution >= 0.6 is 0 Å². The molecule has 0 aromatic rings. The zero-order valence-corrected chi connectivity index (χ0v) is 14.4. The van der Waals surface area contributed by atoms with Gasteiger partial charge < -0.3 is 10.4 Å². The molecule has 1 aliphatic carbocycles. The van der Waals surface area contributed by atoms with Gasteiger partial charge >= 0.3 is 5.97 Å². The number of hydrogen-bond acceptors (Lipinski definition) is 4. The van der Waals surface area contributed by atoms with Crippen molar-refractivity contribution in [2.45, 2.75) is 57.8 Å². The van der Waals surface area contributed by atoms with Gasteiger partial charge in [0.2, 0.25) is 5.91 Å². The Hall–Kier alpha value is -2.18. The predicted octanol–water partition coefficient (Wildman–Crippen LogP) is 1.53. The Bertz CT molecular complexity index is 562. The van der Waals surface area contributed by atoms with E-state index in [1.807, 2.05) is 0 Å². The Morgan fingerprint density at radius 3 is 2.44 bits per heavy atom. The van der Waals surface area contributed by atoms with Gasteiger partial charge in [0.15, 0.2) is 0 Å². The van der Waals surface area contributed by atoms with Gasteiger partial charge in [-0.1, -0.05) is 6.42 Å². The Balaban J connectivity index is 1.60. The molecule has 7 heteroatoms. The highest BCUT2D eigenvalue weighted by Gasteiger charge is 2.29. The molecule has 25 heavy (non-hydrogen) atoms. The molecule has 2 rings (SSSR count). The minimum absolute atomic E-state index is 0.0169. The van der Waals surface area contributed by atoms with Gasteiger partial charge in [0.05, 0.1) is 0 Å². The Morgan fingerprint density at radius 2 is 1.84 bits per heavy atom. The maximum atomic E-state index is 12.2. The molecule has 0 radical (unpaired) electrons. The molecule has 0 atom stereocenters. The van der Waals surface area contributed by atoms with Crippen LogP contribution in [0.2, 0.25) is 0 Å². The fourth-order valence-electron chi connectivity index (χ4n) is 3.48. The lowest BCUT2D eigenvalue weighted by molar-refractivity contribution is -0.137. The van der Waals surface area contributed by atoms with Crippen LogP contribution in [0, 0.1) is 11.8 Å². The van der Waals surface area contributed by atoms with Crippen LogP contribution in [0.15, 0.2) is 11.6 Å². The van der Waals surface area contributed by atoms with Crippen LogP contribution in [0.4, 0.5) is 0 Å². The summed E-state index contributed by atoms with van der Waals surface area (Å²) in [6, 6.07) is 0. The molecule has 138 valence electrons. The summed E-state index contributed by atoms with van der Waals surface area (Å²) in [5.74, 6) is -0.962. The molecule has 0 bridgehead atoms. The van der Waals surface area contributed by atoms with Gasteiger partial charge in [0.1, 0.15) is 0 Å². The number of imide groups is 1. The molecule has 2 aliphatic rings. The van der Waals surface area contributed by atoms with Crippen LogP contribution in [-0.2, 0) is 19.2 Å². The van der Waals surface area contributed by atoms with Gasteiger partial charge in [-0.05, 0) is 50.9 Å². The van der Waals surface area contributed by atoms with Crippen molar-refractivity contribution in [3.8, 4) is 0 Å². The lowest BCUT2D eigenvalue weighted by Gasteiger charge is -2.27. The van der Waals surface area contributed by atoms with Crippen LogP contribution in [0.25, 0.3) is 0 Å². The number of carboxylic acids is 1. The maximum absolute atomic E-state index is 12.2. The number of carboxylic acid groups (broad SMARTS) is 1. The summed E-state index contributed by atoms with van der Waals surface area (Å²) < 4.78 is 0. The van der Waals surface area contributed by atoms with Crippen LogP contribution in [0.3, 0.4) is 0 Å². The minimum atomic E-state index is -0.781. The number of nitrogens with one attached hydrogen (secondary N) is 2. The second kappa shape index (κ2) is 9.34. The van der Waals surface area contributed by atoms with Gasteiger partial charge in [-0.3, -0.25) is 24.5 Å². The third-order valence-corrected chi connectivity index (χ3v) is 4.93. The van der Waals surface area contributed by atoms with E-state index in [9.17, 15) is 19.2 Å². The second-order valence-electron chi connectivity index (χ2n) is 6.91. The van der Waals surface area contributed by atoms with E-state index in [-0.39, 0.29) is 30.1 Å². The van der Waals surface area contributed by atoms with Crippen molar-refractivity contribution in [1.82, 2.24) is 10.6 Å². The number of carbonyl (C=O) groups is 4. The zero-order chi connectivity index (χ0) is 18.2. The van der Waals surface area contributed by atoms with E-state index in [1.165, 1.54) is 6.08 Å². The first-order chi connectivity index (χ1) is 12.0. The number of unbranched alkanes of at least 4 members (excludes halogenated alkanes) is 2. The standard InChI is InChI=1S/C18H26N2O5/c21-15-11-14(18(25)20-15)10-12-5-7-13(8-6-12)17(24)19-9-3-1-2-4-16(22)23/h11-13H,1-10H2,(H,19,24)(H,22,23)(H,20,21,25). The predicted molar refractivity (Wildman–Crippen MR) is 90.4 cm³/mol. The first-order valence-electron chi connectivity index (χ1n) is 9.01. The zero-order valence-electron chi connectivity index (χ0n) is 14.4. The van der Waals surface area contributed by atoms with E-state index >= 15 is 0 Å². The van der Waals surface area contributed by atoms with Gasteiger partial charge in [0.25, 0.3) is 11.8 Å². The fourth-order valence-corrected chi connectivity index (χ4v) is 3.48. The summed E-state index contributed by atoms with van der Waals surface area (Å²) in [6.07, 6.45) is 7.78. The molecule has 1 aliphatic heterocycles. The van der Waals surface area contributed by atoms with E-state index in [0.717, 1.165) is 38.5 Å². The number of rotatable bonds is 9. The van der Waals surface area contributed by atoms with Crippen molar-refractivity contribution < 1.29 is 24.3 Å². The first-order valence-corrected chi connectivity index (χ1v) is 9.01. The molecule has 7 nitrogen and oxygen atoms in total. The first kappa shape index (κ1) is 19.1. The maximum Gasteiger partial charge on any atom is 0.303 e. The average molecular weight is 350 g/mol. The molecule has 0 aromatic carbocycles. The summed E-state index contributed by atoms with van der Waals surface area (Å²) in [6.45, 7) is 0.591. The number of aliphatic carboxylic acids is 1. The highest BCUT2D eigenvalue weighted by Crippen LogP contribution is 2.33. The molecule has 1 saturated carbocycles. The van der Waals surface area contributed by atoms with Crippen molar-refractivity contribution in [2.24, 2.45) is 11.8 Å². The van der Waals surface area contributed by atoms with E-state index in [0.29, 0.717) is 30.9 Å². The number of hydrogen-bond donors (Lipinski definition) is 3. The third kappa shape index (κ3) is 6.32. The smallest absolute Gasteiger partial charge is 0.303 e. The Kier molecular flexibility index (Phi) is 7.16. The van der Waals surface area contributed by atoms with E-state index in [4.69, 9.17) is 5.11 Å². The quantitative estimate of drug-likeness (QED) is 0.431. The summed E-state index contributed by atoms with van der Waals surface area (Å²) in [4.78, 5) is 45.3. The van der Waals surface area contributed by atoms with Crippen LogP contribution in [-0.4, -0.2) is 35.3 Å². The SMILES string of the molecule is O=C(O)CCCCCNC(=O)C1CCC(CC2=CC(=O)NC2=O)CC1. The molecule has 1 heterocycles. The molecule has 1 fully saturated rings. The normalized spacial score (nSPS) is 23.1. The lowest BCUT2D eigenvalue weighted by atomic mass is 9.79. The molecule has 0 saturated heterocycles. The monoisotopic (exact) mass is 350 g/mol. The molecule has 3 N–H and O–H groups in total. The van der Waals surface area contributed by atoms with Gasteiger partial charge in [-0.15, -0.1) is 0 Å². The average Bonchev–Trinajstić information content (AvgIpc) is 2.88. The van der Waals surface area contributed by atoms with E-state index in [1.54, 1.807) is 0 Å². The van der Waals surface area contributed by atoms with Crippen molar-refractivity contribution in [1.29, 1.82) is 0 Å². The highest BCUT2D eigenvalue weighted by atomic mass is 16.4. The van der Waals surface area contributed by atoms with Gasteiger partial charge in [0, 0.05) is 30.5 Å². The van der Waals surface area contributed by atoms with Crippen molar-refractivity contribution in [2.75, 3.05) is 6.54 Å². The van der Waals surface area contributed by atoms with Gasteiger partial charge in [-0.25, -0.2) is 0 Å². The van der Waals surface area contributed by atoms with Crippen molar-refractivity contribution in [3.05, 3.63) is 11.6 Å². The van der Waals surface area contributed by atoms with E-state index in [2.05, 4.69) is 10.6 Å². The molecule has 0 unspecified atom stereocenters. The van der Waals surface area contributed by atoms with Crippen molar-refractivity contribution in [3.63, 3.8) is 0 Å². The largest absolute Gasteiger partial charge is 0.481 e. The summed E-state index contributed by atoms with van der Waals surface area (Å²) in [5, 5.41) is 13.7. The fraction of sp³-hybridized carbons (Fsp3) is 0.667. The number of amides is 3. The van der Waals surface area contributed by atoms with Crippen LogP contribution < -0.4 is 10.6 Å². The summed E-state index contributed by atoms with van der Waals surface area (Å²) >= 11 is 0. The molecular weight excluding hydrogens is 324 g/mol. The highest BCUT2D eigenvalue weighted by molar-refractivity contribution is 6.16. The minimum Gasteiger partial charge on any atom is -0.481 e. The van der Waals surface area contributed by atoms with Crippen LogP contribution in [0.1, 0.15) is 57.8 Å². The third-order valence-electron chi connectivity index (χ3n) is 4.93. The van der Waals surface area contributed by atoms with Gasteiger partial charge in [-0.2, -0.15) is 0 Å². The second-order valence-corrected chi connectivity index (χ2v) is 6.91. The summed E-state index contributed by atoms with van der Waals surface area (Å²) in [7, 11) is 0. The van der Waals surface area contributed by atoms with Crippen molar-refractivity contribution >= 4 is 23.7 Å². The summed E-state index contributed by atoms with van der Waals surface area (Å²) in [5.41, 5.74) is 0.555. The Morgan fingerprint density at radius 1 is 1.12 bits per heavy atom. The molecule has 0 spiro atoms. The van der Waals surface area contributed by atoms with Crippen LogP contribution in [0.5, 0.6) is 0 Å². The number of carbonyl (C=O) groups excluding carboxylic acids is 3. The Labute approximate surface area is 147 Å². The molecule has 0 aromatic heterocycles. The molecular formula is C18H26N2O5. The topological polar surface area (TPSA) is 113 Å². The van der Waals surface area contributed by atoms with E-state index < -0.39 is 5.97 Å².